The summed E-state index contributed by atoms with van der Waals surface area (Å²) in [6, 6.07) is 7.02. The van der Waals surface area contributed by atoms with E-state index in [1.165, 1.54) is 6.07 Å². The number of benzene rings is 1. The molecular weight excluding hydrogens is 199 g/mol. The van der Waals surface area contributed by atoms with E-state index in [1.807, 2.05) is 19.1 Å². The molecule has 2 rings (SSSR count). The van der Waals surface area contributed by atoms with Gasteiger partial charge < -0.3 is 4.74 Å². The third kappa shape index (κ3) is 1.79. The van der Waals surface area contributed by atoms with Gasteiger partial charge >= 0.3 is 0 Å². The van der Waals surface area contributed by atoms with E-state index in [9.17, 15) is 4.39 Å². The number of thiophene rings is 1. The Morgan fingerprint density at radius 2 is 2.29 bits per heavy atom. The number of ether oxygens (including phenoxy) is 1. The molecule has 1 heterocycles. The second-order valence-electron chi connectivity index (χ2n) is 3.00. The van der Waals surface area contributed by atoms with E-state index < -0.39 is 0 Å². The fourth-order valence-electron chi connectivity index (χ4n) is 1.35. The first-order valence-corrected chi connectivity index (χ1v) is 5.37. The molecule has 3 heteroatoms. The lowest BCUT2D eigenvalue weighted by molar-refractivity contribution is 0.136. The lowest BCUT2D eigenvalue weighted by Gasteiger charge is -1.94. The SMILES string of the molecule is CCOCc1cc2c(F)cccc2s1. The average molecular weight is 210 g/mol. The summed E-state index contributed by atoms with van der Waals surface area (Å²) in [6.45, 7) is 3.22. The minimum atomic E-state index is -0.151. The Labute approximate surface area is 86.1 Å². The van der Waals surface area contributed by atoms with E-state index in [4.69, 9.17) is 4.74 Å². The Kier molecular flexibility index (Phi) is 2.79. The quantitative estimate of drug-likeness (QED) is 0.752. The molecule has 14 heavy (non-hydrogen) atoms. The van der Waals surface area contributed by atoms with Crippen LogP contribution in [0.1, 0.15) is 11.8 Å². The Hall–Kier alpha value is -0.930. The van der Waals surface area contributed by atoms with Gasteiger partial charge in [0.15, 0.2) is 0 Å². The van der Waals surface area contributed by atoms with Crippen LogP contribution in [0.3, 0.4) is 0 Å². The van der Waals surface area contributed by atoms with Crippen molar-refractivity contribution in [3.63, 3.8) is 0 Å². The van der Waals surface area contributed by atoms with Crippen LogP contribution in [0.15, 0.2) is 24.3 Å². The molecule has 74 valence electrons. The van der Waals surface area contributed by atoms with Gasteiger partial charge in [-0.3, -0.25) is 0 Å². The molecule has 0 aliphatic rings. The molecule has 1 aromatic carbocycles. The van der Waals surface area contributed by atoms with Crippen LogP contribution in [0.25, 0.3) is 10.1 Å². The molecule has 0 radical (unpaired) electrons. The second kappa shape index (κ2) is 4.07. The Morgan fingerprint density at radius 1 is 1.43 bits per heavy atom. The highest BCUT2D eigenvalue weighted by atomic mass is 32.1. The maximum atomic E-state index is 13.3. The predicted molar refractivity (Wildman–Crippen MR) is 57.1 cm³/mol. The molecule has 0 spiro atoms. The van der Waals surface area contributed by atoms with Gasteiger partial charge in [-0.1, -0.05) is 6.07 Å². The van der Waals surface area contributed by atoms with E-state index in [-0.39, 0.29) is 5.82 Å². The highest BCUT2D eigenvalue weighted by molar-refractivity contribution is 7.19. The van der Waals surface area contributed by atoms with Crippen molar-refractivity contribution in [1.82, 2.24) is 0 Å². The first-order chi connectivity index (χ1) is 6.81. The zero-order valence-electron chi connectivity index (χ0n) is 7.92. The maximum absolute atomic E-state index is 13.3. The van der Waals surface area contributed by atoms with Gasteiger partial charge in [0.25, 0.3) is 0 Å². The molecule has 0 saturated carbocycles. The van der Waals surface area contributed by atoms with Crippen molar-refractivity contribution in [2.75, 3.05) is 6.61 Å². The molecular formula is C11H11FOS. The Balaban J connectivity index is 2.36. The zero-order valence-corrected chi connectivity index (χ0v) is 8.73. The van der Waals surface area contributed by atoms with Crippen molar-refractivity contribution < 1.29 is 9.13 Å². The standard InChI is InChI=1S/C11H11FOS/c1-2-13-7-8-6-9-10(12)4-3-5-11(9)14-8/h3-6H,2,7H2,1H3. The van der Waals surface area contributed by atoms with Crippen LogP contribution < -0.4 is 0 Å². The Morgan fingerprint density at radius 3 is 3.00 bits per heavy atom. The van der Waals surface area contributed by atoms with Crippen LogP contribution in [-0.4, -0.2) is 6.61 Å². The van der Waals surface area contributed by atoms with Gasteiger partial charge in [-0.2, -0.15) is 0 Å². The molecule has 0 aliphatic heterocycles. The van der Waals surface area contributed by atoms with Gasteiger partial charge in [0.05, 0.1) is 6.61 Å². The van der Waals surface area contributed by atoms with E-state index in [0.717, 1.165) is 9.58 Å². The molecule has 0 atom stereocenters. The third-order valence-electron chi connectivity index (χ3n) is 2.01. The molecule has 0 aliphatic carbocycles. The van der Waals surface area contributed by atoms with Crippen LogP contribution in [0.2, 0.25) is 0 Å². The smallest absolute Gasteiger partial charge is 0.131 e. The van der Waals surface area contributed by atoms with Gasteiger partial charge in [-0.25, -0.2) is 4.39 Å². The molecule has 0 bridgehead atoms. The Bertz CT molecular complexity index is 436. The van der Waals surface area contributed by atoms with E-state index >= 15 is 0 Å². The number of hydrogen-bond acceptors (Lipinski definition) is 2. The summed E-state index contributed by atoms with van der Waals surface area (Å²) in [5.41, 5.74) is 0. The molecule has 0 N–H and O–H groups in total. The molecule has 0 fully saturated rings. The van der Waals surface area contributed by atoms with Crippen LogP contribution in [-0.2, 0) is 11.3 Å². The molecule has 0 unspecified atom stereocenters. The van der Waals surface area contributed by atoms with Gasteiger partial charge in [0.1, 0.15) is 5.82 Å². The monoisotopic (exact) mass is 210 g/mol. The largest absolute Gasteiger partial charge is 0.376 e. The van der Waals surface area contributed by atoms with Crippen molar-refractivity contribution in [2.45, 2.75) is 13.5 Å². The van der Waals surface area contributed by atoms with Crippen molar-refractivity contribution in [3.8, 4) is 0 Å². The summed E-state index contributed by atoms with van der Waals surface area (Å²) in [7, 11) is 0. The van der Waals surface area contributed by atoms with Crippen molar-refractivity contribution in [2.24, 2.45) is 0 Å². The minimum absolute atomic E-state index is 0.151. The van der Waals surface area contributed by atoms with Gasteiger partial charge in [-0.05, 0) is 25.1 Å². The highest BCUT2D eigenvalue weighted by Gasteiger charge is 2.05. The van der Waals surface area contributed by atoms with Crippen molar-refractivity contribution >= 4 is 21.4 Å². The maximum Gasteiger partial charge on any atom is 0.131 e. The summed E-state index contributed by atoms with van der Waals surface area (Å²) >= 11 is 1.59. The first-order valence-electron chi connectivity index (χ1n) is 4.56. The van der Waals surface area contributed by atoms with Crippen LogP contribution in [0, 0.1) is 5.82 Å². The second-order valence-corrected chi connectivity index (χ2v) is 4.17. The lowest BCUT2D eigenvalue weighted by atomic mass is 10.2. The predicted octanol–water partition coefficient (Wildman–Crippen LogP) is 3.58. The van der Waals surface area contributed by atoms with Crippen molar-refractivity contribution in [1.29, 1.82) is 0 Å². The summed E-state index contributed by atoms with van der Waals surface area (Å²) in [5, 5.41) is 0.701. The first kappa shape index (κ1) is 9.62. The molecule has 2 aromatic rings. The molecule has 0 amide bonds. The molecule has 1 nitrogen and oxygen atoms in total. The van der Waals surface area contributed by atoms with Gasteiger partial charge in [0.2, 0.25) is 0 Å². The zero-order chi connectivity index (χ0) is 9.97. The fourth-order valence-corrected chi connectivity index (χ4v) is 2.37. The van der Waals surface area contributed by atoms with E-state index in [2.05, 4.69) is 0 Å². The molecule has 0 saturated heterocycles. The summed E-state index contributed by atoms with van der Waals surface area (Å²) in [4.78, 5) is 1.08. The van der Waals surface area contributed by atoms with Crippen molar-refractivity contribution in [3.05, 3.63) is 35.0 Å². The average Bonchev–Trinajstić information content (AvgIpc) is 2.59. The van der Waals surface area contributed by atoms with Gasteiger partial charge in [0, 0.05) is 21.6 Å². The van der Waals surface area contributed by atoms with E-state index in [1.54, 1.807) is 17.4 Å². The summed E-state index contributed by atoms with van der Waals surface area (Å²) < 4.78 is 19.6. The van der Waals surface area contributed by atoms with E-state index in [0.29, 0.717) is 18.6 Å². The summed E-state index contributed by atoms with van der Waals surface area (Å²) in [6.07, 6.45) is 0. The van der Waals surface area contributed by atoms with Crippen LogP contribution in [0.5, 0.6) is 0 Å². The van der Waals surface area contributed by atoms with Gasteiger partial charge in [-0.15, -0.1) is 11.3 Å². The highest BCUT2D eigenvalue weighted by Crippen LogP contribution is 2.27. The fraction of sp³-hybridized carbons (Fsp3) is 0.273. The summed E-state index contributed by atoms with van der Waals surface area (Å²) in [5.74, 6) is -0.151. The number of halogens is 1. The minimum Gasteiger partial charge on any atom is -0.376 e. The molecule has 1 aromatic heterocycles. The normalized spacial score (nSPS) is 11.0. The number of hydrogen-bond donors (Lipinski definition) is 0. The number of rotatable bonds is 3. The topological polar surface area (TPSA) is 9.23 Å². The number of fused-ring (bicyclic) bond motifs is 1. The third-order valence-corrected chi connectivity index (χ3v) is 3.08. The lowest BCUT2D eigenvalue weighted by Crippen LogP contribution is -1.87. The van der Waals surface area contributed by atoms with Crippen LogP contribution in [0.4, 0.5) is 4.39 Å². The van der Waals surface area contributed by atoms with Crippen LogP contribution >= 0.6 is 11.3 Å².